The zero-order chi connectivity index (χ0) is 7.56. The predicted molar refractivity (Wildman–Crippen MR) is 38.5 cm³/mol. The van der Waals surface area contributed by atoms with E-state index in [1.54, 1.807) is 7.05 Å². The lowest BCUT2D eigenvalue weighted by Gasteiger charge is -2.01. The highest BCUT2D eigenvalue weighted by Crippen LogP contribution is 2.09. The van der Waals surface area contributed by atoms with E-state index in [0.29, 0.717) is 0 Å². The first-order chi connectivity index (χ1) is 4.74. The average molecular weight is 140 g/mol. The summed E-state index contributed by atoms with van der Waals surface area (Å²) < 4.78 is 12.4. The molecule has 0 saturated heterocycles. The number of nitrogens with one attached hydrogen (secondary N) is 1. The van der Waals surface area contributed by atoms with Crippen LogP contribution < -0.4 is 5.32 Å². The van der Waals surface area contributed by atoms with E-state index in [-0.39, 0.29) is 5.82 Å². The van der Waals surface area contributed by atoms with E-state index in [1.165, 1.54) is 12.3 Å². The van der Waals surface area contributed by atoms with Gasteiger partial charge in [-0.15, -0.1) is 0 Å². The minimum Gasteiger partial charge on any atom is -0.373 e. The number of aromatic nitrogens is 1. The lowest BCUT2D eigenvalue weighted by molar-refractivity contribution is 0.620. The molecule has 3 heteroatoms. The topological polar surface area (TPSA) is 24.9 Å². The molecule has 0 aliphatic rings. The predicted octanol–water partition coefficient (Wildman–Crippen LogP) is 1.57. The Morgan fingerprint density at radius 2 is 2.30 bits per heavy atom. The zero-order valence-electron chi connectivity index (χ0n) is 5.98. The smallest absolute Gasteiger partial charge is 0.141 e. The molecule has 0 aromatic carbocycles. The van der Waals surface area contributed by atoms with Crippen LogP contribution in [0.15, 0.2) is 12.3 Å². The summed E-state index contributed by atoms with van der Waals surface area (Å²) in [6.45, 7) is 1.81. The largest absolute Gasteiger partial charge is 0.373 e. The Balaban J connectivity index is 3.07. The van der Waals surface area contributed by atoms with Crippen molar-refractivity contribution in [3.05, 3.63) is 23.6 Å². The van der Waals surface area contributed by atoms with Crippen LogP contribution >= 0.6 is 0 Å². The van der Waals surface area contributed by atoms with Crippen LogP contribution in [-0.4, -0.2) is 12.0 Å². The summed E-state index contributed by atoms with van der Waals surface area (Å²) >= 11 is 0. The van der Waals surface area contributed by atoms with Gasteiger partial charge in [0, 0.05) is 7.05 Å². The van der Waals surface area contributed by atoms with Gasteiger partial charge in [-0.2, -0.15) is 0 Å². The minimum atomic E-state index is -0.295. The van der Waals surface area contributed by atoms with Crippen molar-refractivity contribution >= 4 is 5.82 Å². The molecule has 0 aliphatic heterocycles. The Morgan fingerprint density at radius 3 is 2.80 bits per heavy atom. The van der Waals surface area contributed by atoms with Crippen LogP contribution in [0.25, 0.3) is 0 Å². The molecule has 10 heavy (non-hydrogen) atoms. The number of hydrogen-bond donors (Lipinski definition) is 1. The van der Waals surface area contributed by atoms with Crippen molar-refractivity contribution in [3.63, 3.8) is 0 Å². The van der Waals surface area contributed by atoms with Gasteiger partial charge in [0.05, 0.1) is 6.20 Å². The van der Waals surface area contributed by atoms with Crippen LogP contribution in [0.4, 0.5) is 10.2 Å². The van der Waals surface area contributed by atoms with Crippen molar-refractivity contribution in [1.82, 2.24) is 4.98 Å². The molecule has 0 bridgehead atoms. The van der Waals surface area contributed by atoms with Crippen molar-refractivity contribution in [3.8, 4) is 0 Å². The van der Waals surface area contributed by atoms with Crippen molar-refractivity contribution in [2.24, 2.45) is 0 Å². The maximum atomic E-state index is 12.4. The Hall–Kier alpha value is -1.12. The lowest BCUT2D eigenvalue weighted by atomic mass is 10.3. The van der Waals surface area contributed by atoms with Crippen LogP contribution in [0.1, 0.15) is 5.56 Å². The second-order valence-electron chi connectivity index (χ2n) is 2.07. The third-order valence-electron chi connectivity index (χ3n) is 1.28. The fourth-order valence-electron chi connectivity index (χ4n) is 0.802. The van der Waals surface area contributed by atoms with E-state index in [1.807, 2.05) is 6.92 Å². The van der Waals surface area contributed by atoms with E-state index < -0.39 is 0 Å². The van der Waals surface area contributed by atoms with Gasteiger partial charge < -0.3 is 5.32 Å². The molecule has 2 nitrogen and oxygen atoms in total. The van der Waals surface area contributed by atoms with Crippen molar-refractivity contribution in [2.45, 2.75) is 6.92 Å². The normalized spacial score (nSPS) is 9.50. The van der Waals surface area contributed by atoms with Crippen molar-refractivity contribution in [2.75, 3.05) is 12.4 Å². The Morgan fingerprint density at radius 1 is 1.60 bits per heavy atom. The second-order valence-corrected chi connectivity index (χ2v) is 2.07. The molecule has 0 radical (unpaired) electrons. The lowest BCUT2D eigenvalue weighted by Crippen LogP contribution is -1.95. The quantitative estimate of drug-likeness (QED) is 0.640. The molecule has 0 saturated carbocycles. The summed E-state index contributed by atoms with van der Waals surface area (Å²) in [5.41, 5.74) is 0.822. The number of nitrogens with zero attached hydrogens (tertiary/aromatic N) is 1. The first-order valence-corrected chi connectivity index (χ1v) is 3.04. The molecular formula is C7H9FN2. The summed E-state index contributed by atoms with van der Waals surface area (Å²) in [7, 11) is 1.76. The molecule has 0 spiro atoms. The highest BCUT2D eigenvalue weighted by molar-refractivity contribution is 5.41. The summed E-state index contributed by atoms with van der Waals surface area (Å²) in [6.07, 6.45) is 1.19. The Bertz CT molecular complexity index is 235. The monoisotopic (exact) mass is 140 g/mol. The average Bonchev–Trinajstić information content (AvgIpc) is 1.88. The highest BCUT2D eigenvalue weighted by Gasteiger charge is 1.96. The van der Waals surface area contributed by atoms with Gasteiger partial charge in [-0.3, -0.25) is 0 Å². The van der Waals surface area contributed by atoms with Crippen LogP contribution in [0.2, 0.25) is 0 Å². The fraction of sp³-hybridized carbons (Fsp3) is 0.286. The van der Waals surface area contributed by atoms with Crippen LogP contribution in [0.5, 0.6) is 0 Å². The minimum absolute atomic E-state index is 0.295. The number of halogens is 1. The van der Waals surface area contributed by atoms with Crippen molar-refractivity contribution in [1.29, 1.82) is 0 Å². The SMILES string of the molecule is CNc1ncc(F)cc1C. The third-order valence-corrected chi connectivity index (χ3v) is 1.28. The maximum Gasteiger partial charge on any atom is 0.141 e. The van der Waals surface area contributed by atoms with Gasteiger partial charge in [0.1, 0.15) is 11.6 Å². The molecular weight excluding hydrogens is 131 g/mol. The number of rotatable bonds is 1. The van der Waals surface area contributed by atoms with Gasteiger partial charge in [-0.25, -0.2) is 9.37 Å². The second kappa shape index (κ2) is 2.64. The van der Waals surface area contributed by atoms with E-state index in [2.05, 4.69) is 10.3 Å². The van der Waals surface area contributed by atoms with Gasteiger partial charge in [-0.1, -0.05) is 0 Å². The number of pyridine rings is 1. The third kappa shape index (κ3) is 1.23. The highest BCUT2D eigenvalue weighted by atomic mass is 19.1. The molecule has 0 amide bonds. The van der Waals surface area contributed by atoms with E-state index in [4.69, 9.17) is 0 Å². The summed E-state index contributed by atoms with van der Waals surface area (Å²) in [6, 6.07) is 1.44. The first kappa shape index (κ1) is 6.99. The molecule has 0 atom stereocenters. The zero-order valence-corrected chi connectivity index (χ0v) is 5.98. The molecule has 1 rings (SSSR count). The summed E-state index contributed by atoms with van der Waals surface area (Å²) in [5.74, 6) is 0.429. The molecule has 0 aliphatic carbocycles. The summed E-state index contributed by atoms with van der Waals surface area (Å²) in [5, 5.41) is 2.84. The molecule has 1 aromatic rings. The van der Waals surface area contributed by atoms with Gasteiger partial charge in [0.15, 0.2) is 0 Å². The van der Waals surface area contributed by atoms with Crippen LogP contribution in [0.3, 0.4) is 0 Å². The van der Waals surface area contributed by atoms with E-state index in [0.717, 1.165) is 11.4 Å². The Kier molecular flexibility index (Phi) is 1.85. The number of anilines is 1. The number of aryl methyl sites for hydroxylation is 1. The molecule has 1 aromatic heterocycles. The Labute approximate surface area is 59.1 Å². The molecule has 1 N–H and O–H groups in total. The van der Waals surface area contributed by atoms with Gasteiger partial charge in [-0.05, 0) is 18.6 Å². The van der Waals surface area contributed by atoms with Gasteiger partial charge in [0.2, 0.25) is 0 Å². The maximum absolute atomic E-state index is 12.4. The molecule has 0 fully saturated rings. The van der Waals surface area contributed by atoms with Crippen molar-refractivity contribution < 1.29 is 4.39 Å². The van der Waals surface area contributed by atoms with Crippen LogP contribution in [-0.2, 0) is 0 Å². The standard InChI is InChI=1S/C7H9FN2/c1-5-3-6(8)4-10-7(5)9-2/h3-4H,1-2H3,(H,9,10). The fourth-order valence-corrected chi connectivity index (χ4v) is 0.802. The molecule has 0 unspecified atom stereocenters. The van der Waals surface area contributed by atoms with Gasteiger partial charge in [0.25, 0.3) is 0 Å². The number of hydrogen-bond acceptors (Lipinski definition) is 2. The van der Waals surface area contributed by atoms with E-state index >= 15 is 0 Å². The first-order valence-electron chi connectivity index (χ1n) is 3.04. The molecule has 54 valence electrons. The van der Waals surface area contributed by atoms with Gasteiger partial charge >= 0.3 is 0 Å². The van der Waals surface area contributed by atoms with Crippen LogP contribution in [0, 0.1) is 12.7 Å². The summed E-state index contributed by atoms with van der Waals surface area (Å²) in [4.78, 5) is 3.81. The van der Waals surface area contributed by atoms with E-state index in [9.17, 15) is 4.39 Å². The molecule has 1 heterocycles.